The summed E-state index contributed by atoms with van der Waals surface area (Å²) in [5.41, 5.74) is 0. The summed E-state index contributed by atoms with van der Waals surface area (Å²) in [6.07, 6.45) is 0.730. The van der Waals surface area contributed by atoms with Crippen LogP contribution in [-0.4, -0.2) is 40.6 Å². The third-order valence-corrected chi connectivity index (χ3v) is 2.25. The fraction of sp³-hybridized carbons (Fsp3) is 0.571. The summed E-state index contributed by atoms with van der Waals surface area (Å²) < 4.78 is 33.3. The highest BCUT2D eigenvalue weighted by Gasteiger charge is 2.09. The van der Waals surface area contributed by atoms with E-state index >= 15 is 0 Å². The van der Waals surface area contributed by atoms with E-state index in [9.17, 15) is 13.2 Å². The van der Waals surface area contributed by atoms with E-state index in [0.29, 0.717) is 13.2 Å². The van der Waals surface area contributed by atoms with Crippen LogP contribution >= 0.6 is 0 Å². The Morgan fingerprint density at radius 3 is 2.14 bits per heavy atom. The van der Waals surface area contributed by atoms with E-state index in [1.54, 1.807) is 0 Å². The molecule has 0 aromatic carbocycles. The molecule has 14 heavy (non-hydrogen) atoms. The monoisotopic (exact) mass is 224 g/mol. The Morgan fingerprint density at radius 2 is 2.00 bits per heavy atom. The van der Waals surface area contributed by atoms with Gasteiger partial charge in [0.2, 0.25) is 0 Å². The molecule has 1 saturated heterocycles. The molecule has 6 nitrogen and oxygen atoms in total. The maximum absolute atomic E-state index is 10.3. The molecule has 0 atom stereocenters. The first-order valence-electron chi connectivity index (χ1n) is 3.70. The van der Waals surface area contributed by atoms with Gasteiger partial charge >= 0.3 is 6.16 Å². The highest BCUT2D eigenvalue weighted by molar-refractivity contribution is 7.86. The predicted molar refractivity (Wildman–Crippen MR) is 48.3 cm³/mol. The summed E-state index contributed by atoms with van der Waals surface area (Å²) in [6, 6.07) is 0. The van der Waals surface area contributed by atoms with Gasteiger partial charge in [-0.3, -0.25) is 4.18 Å². The number of carbonyl (C=O) groups is 1. The summed E-state index contributed by atoms with van der Waals surface area (Å²) in [7, 11) is -2.16. The average Bonchev–Trinajstić information content (AvgIpc) is 2.57. The molecule has 0 amide bonds. The van der Waals surface area contributed by atoms with Crippen molar-refractivity contribution in [3.05, 3.63) is 12.7 Å². The molecular weight excluding hydrogens is 212 g/mol. The van der Waals surface area contributed by atoms with Crippen molar-refractivity contribution >= 4 is 16.3 Å². The maximum Gasteiger partial charge on any atom is 0.508 e. The smallest absolute Gasteiger partial charge is 0.431 e. The van der Waals surface area contributed by atoms with Crippen molar-refractivity contribution in [2.75, 3.05) is 26.1 Å². The number of hydrogen-bond donors (Lipinski definition) is 0. The second kappa shape index (κ2) is 6.39. The largest absolute Gasteiger partial charge is 0.508 e. The fourth-order valence-electron chi connectivity index (χ4n) is 0.504. The van der Waals surface area contributed by atoms with Crippen molar-refractivity contribution in [2.24, 2.45) is 0 Å². The van der Waals surface area contributed by atoms with Gasteiger partial charge in [0.05, 0.1) is 12.9 Å². The lowest BCUT2D eigenvalue weighted by atomic mass is 10.8. The van der Waals surface area contributed by atoms with E-state index in [1.165, 1.54) is 6.08 Å². The summed E-state index contributed by atoms with van der Waals surface area (Å²) >= 11 is 0. The molecule has 82 valence electrons. The minimum Gasteiger partial charge on any atom is -0.431 e. The van der Waals surface area contributed by atoms with Crippen LogP contribution in [0.2, 0.25) is 0 Å². The molecule has 1 heterocycles. The van der Waals surface area contributed by atoms with E-state index in [1.807, 2.05) is 0 Å². The number of cyclic esters (lactones) is 2. The van der Waals surface area contributed by atoms with Crippen LogP contribution in [0.5, 0.6) is 0 Å². The third-order valence-electron chi connectivity index (χ3n) is 1.10. The van der Waals surface area contributed by atoms with Crippen LogP contribution in [0.4, 0.5) is 4.79 Å². The van der Waals surface area contributed by atoms with Crippen molar-refractivity contribution in [2.45, 2.75) is 0 Å². The van der Waals surface area contributed by atoms with E-state index in [2.05, 4.69) is 20.2 Å². The van der Waals surface area contributed by atoms with Crippen molar-refractivity contribution in [1.29, 1.82) is 0 Å². The lowest BCUT2D eigenvalue weighted by molar-refractivity contribution is 0.131. The third kappa shape index (κ3) is 6.44. The van der Waals surface area contributed by atoms with Crippen LogP contribution < -0.4 is 0 Å². The van der Waals surface area contributed by atoms with Gasteiger partial charge in [0, 0.05) is 0 Å². The fourth-order valence-corrected chi connectivity index (χ4v) is 0.929. The van der Waals surface area contributed by atoms with Gasteiger partial charge in [0.15, 0.2) is 0 Å². The zero-order chi connectivity index (χ0) is 11.0. The minimum absolute atomic E-state index is 0.122. The Bertz CT molecular complexity index is 273. The molecule has 0 aliphatic carbocycles. The van der Waals surface area contributed by atoms with Crippen molar-refractivity contribution in [3.8, 4) is 0 Å². The molecule has 0 bridgehead atoms. The van der Waals surface area contributed by atoms with E-state index in [4.69, 9.17) is 0 Å². The number of hydrogen-bond acceptors (Lipinski definition) is 6. The Kier molecular flexibility index (Phi) is 5.89. The molecule has 1 fully saturated rings. The summed E-state index contributed by atoms with van der Waals surface area (Å²) in [5.74, 6) is -0.122. The van der Waals surface area contributed by atoms with Crippen LogP contribution in [0.3, 0.4) is 0 Å². The second-order valence-electron chi connectivity index (χ2n) is 2.13. The molecule has 0 N–H and O–H groups in total. The summed E-state index contributed by atoms with van der Waals surface area (Å²) in [5, 5.41) is 0. The minimum atomic E-state index is -3.29. The number of rotatable bonds is 3. The predicted octanol–water partition coefficient (Wildman–Crippen LogP) is 0.302. The van der Waals surface area contributed by atoms with Crippen LogP contribution in [0.25, 0.3) is 0 Å². The van der Waals surface area contributed by atoms with Gasteiger partial charge in [0.1, 0.15) is 13.2 Å². The van der Waals surface area contributed by atoms with Gasteiger partial charge in [-0.1, -0.05) is 6.08 Å². The molecule has 0 radical (unpaired) electrons. The normalized spacial score (nSPS) is 14.8. The van der Waals surface area contributed by atoms with Crippen molar-refractivity contribution in [3.63, 3.8) is 0 Å². The Labute approximate surface area is 82.6 Å². The van der Waals surface area contributed by atoms with Gasteiger partial charge in [-0.25, -0.2) is 4.79 Å². The number of carbonyl (C=O) groups excluding carboxylic acids is 1. The molecule has 0 aromatic rings. The zero-order valence-electron chi connectivity index (χ0n) is 7.76. The molecule has 7 heteroatoms. The van der Waals surface area contributed by atoms with Crippen molar-refractivity contribution in [1.82, 2.24) is 0 Å². The molecule has 1 aliphatic rings. The Hall–Kier alpha value is -1.08. The highest BCUT2D eigenvalue weighted by Crippen LogP contribution is 1.92. The van der Waals surface area contributed by atoms with Crippen LogP contribution in [0.15, 0.2) is 12.7 Å². The molecular formula is C7H12O6S. The lowest BCUT2D eigenvalue weighted by Crippen LogP contribution is -2.04. The van der Waals surface area contributed by atoms with E-state index < -0.39 is 16.3 Å². The molecule has 0 aromatic heterocycles. The molecule has 0 saturated carbocycles. The van der Waals surface area contributed by atoms with Crippen LogP contribution in [0.1, 0.15) is 0 Å². The Balaban J connectivity index is 0.000000249. The second-order valence-corrected chi connectivity index (χ2v) is 3.91. The molecule has 1 aliphatic heterocycles. The van der Waals surface area contributed by atoms with E-state index in [-0.39, 0.29) is 5.75 Å². The lowest BCUT2D eigenvalue weighted by Gasteiger charge is -1.92. The highest BCUT2D eigenvalue weighted by atomic mass is 32.2. The van der Waals surface area contributed by atoms with Gasteiger partial charge in [-0.05, 0) is 0 Å². The molecule has 1 rings (SSSR count). The van der Waals surface area contributed by atoms with Gasteiger partial charge < -0.3 is 9.47 Å². The topological polar surface area (TPSA) is 78.9 Å². The first kappa shape index (κ1) is 12.9. The summed E-state index contributed by atoms with van der Waals surface area (Å²) in [6.45, 7) is 4.07. The molecule has 0 unspecified atom stereocenters. The van der Waals surface area contributed by atoms with E-state index in [0.717, 1.165) is 7.11 Å². The zero-order valence-corrected chi connectivity index (χ0v) is 8.58. The van der Waals surface area contributed by atoms with Gasteiger partial charge in [0.25, 0.3) is 10.1 Å². The van der Waals surface area contributed by atoms with Crippen LogP contribution in [-0.2, 0) is 23.8 Å². The standard InChI is InChI=1S/C4H8O3S.C3H4O3/c1-3-4-8(5,6)7-2;4-3-5-1-2-6-3/h3H,1,4H2,2H3;1-2H2. The quantitative estimate of drug-likeness (QED) is 0.390. The first-order valence-corrected chi connectivity index (χ1v) is 5.28. The average molecular weight is 224 g/mol. The SMILES string of the molecule is C=CCS(=O)(=O)OC.O=C1OCCO1. The number of ether oxygens (including phenoxy) is 2. The first-order chi connectivity index (χ1) is 6.52. The van der Waals surface area contributed by atoms with Gasteiger partial charge in [-0.2, -0.15) is 8.42 Å². The Morgan fingerprint density at radius 1 is 1.50 bits per heavy atom. The molecule has 0 spiro atoms. The van der Waals surface area contributed by atoms with Crippen LogP contribution in [0, 0.1) is 0 Å². The summed E-state index contributed by atoms with van der Waals surface area (Å²) in [4.78, 5) is 9.80. The van der Waals surface area contributed by atoms with Gasteiger partial charge in [-0.15, -0.1) is 6.58 Å². The van der Waals surface area contributed by atoms with Crippen molar-refractivity contribution < 1.29 is 26.9 Å². The maximum atomic E-state index is 10.3.